The van der Waals surface area contributed by atoms with E-state index >= 15 is 0 Å². The van der Waals surface area contributed by atoms with Crippen molar-refractivity contribution in [3.05, 3.63) is 59.3 Å². The van der Waals surface area contributed by atoms with Crippen LogP contribution in [0, 0.1) is 13.8 Å². The number of nitrogens with zero attached hydrogens (tertiary/aromatic N) is 1. The highest BCUT2D eigenvalue weighted by Gasteiger charge is 2.24. The summed E-state index contributed by atoms with van der Waals surface area (Å²) >= 11 is 0. The lowest BCUT2D eigenvalue weighted by Crippen LogP contribution is -2.08. The number of hydrogen-bond donors (Lipinski definition) is 0. The minimum absolute atomic E-state index is 0.296. The minimum Gasteiger partial charge on any atom is -0.497 e. The van der Waals surface area contributed by atoms with E-state index in [1.165, 1.54) is 11.3 Å². The van der Waals surface area contributed by atoms with Crippen molar-refractivity contribution in [1.29, 1.82) is 0 Å². The maximum Gasteiger partial charge on any atom is 0.186 e. The molecule has 0 bridgehead atoms. The molecule has 0 amide bonds. The second-order valence-electron chi connectivity index (χ2n) is 6.13. The Labute approximate surface area is 141 Å². The van der Waals surface area contributed by atoms with Gasteiger partial charge in [-0.1, -0.05) is 18.2 Å². The quantitative estimate of drug-likeness (QED) is 0.720. The Kier molecular flexibility index (Phi) is 3.79. The van der Waals surface area contributed by atoms with E-state index in [-0.39, 0.29) is 6.29 Å². The van der Waals surface area contributed by atoms with Crippen molar-refractivity contribution >= 4 is 10.9 Å². The molecule has 1 aliphatic rings. The third-order valence-electron chi connectivity index (χ3n) is 4.56. The molecule has 1 fully saturated rings. The van der Waals surface area contributed by atoms with E-state index in [0.717, 1.165) is 27.9 Å². The van der Waals surface area contributed by atoms with E-state index in [1.54, 1.807) is 7.11 Å². The molecule has 2 heterocycles. The molecule has 124 valence electrons. The van der Waals surface area contributed by atoms with Crippen LogP contribution in [0.25, 0.3) is 16.6 Å². The van der Waals surface area contributed by atoms with Gasteiger partial charge in [0, 0.05) is 16.6 Å². The van der Waals surface area contributed by atoms with Crippen LogP contribution in [-0.4, -0.2) is 24.9 Å². The average molecular weight is 323 g/mol. The normalized spacial score (nSPS) is 15.3. The van der Waals surface area contributed by atoms with Crippen molar-refractivity contribution in [2.45, 2.75) is 20.1 Å². The van der Waals surface area contributed by atoms with Gasteiger partial charge in [0.1, 0.15) is 5.75 Å². The number of ether oxygens (including phenoxy) is 3. The Morgan fingerprint density at radius 1 is 1.04 bits per heavy atom. The van der Waals surface area contributed by atoms with E-state index in [4.69, 9.17) is 14.2 Å². The lowest BCUT2D eigenvalue weighted by atomic mass is 10.1. The second-order valence-corrected chi connectivity index (χ2v) is 6.13. The van der Waals surface area contributed by atoms with Gasteiger partial charge in [0.25, 0.3) is 0 Å². The molecule has 2 aromatic carbocycles. The SMILES string of the molecule is COc1ccc2c(c1)cc(C)n2-c1c(C)cccc1C1OCCO1. The second kappa shape index (κ2) is 5.96. The topological polar surface area (TPSA) is 32.6 Å². The number of methoxy groups -OCH3 is 1. The molecule has 0 atom stereocenters. The molecule has 4 nitrogen and oxygen atoms in total. The lowest BCUT2D eigenvalue weighted by Gasteiger charge is -2.20. The molecule has 3 aromatic rings. The van der Waals surface area contributed by atoms with E-state index in [0.29, 0.717) is 13.2 Å². The average Bonchev–Trinajstić information content (AvgIpc) is 3.21. The third-order valence-corrected chi connectivity index (χ3v) is 4.56. The predicted octanol–water partition coefficient (Wildman–Crippen LogP) is 4.30. The van der Waals surface area contributed by atoms with Crippen LogP contribution in [0.4, 0.5) is 0 Å². The molecule has 4 heteroatoms. The Morgan fingerprint density at radius 2 is 1.83 bits per heavy atom. The van der Waals surface area contributed by atoms with Crippen LogP contribution in [0.5, 0.6) is 5.75 Å². The van der Waals surface area contributed by atoms with Gasteiger partial charge < -0.3 is 18.8 Å². The predicted molar refractivity (Wildman–Crippen MR) is 93.9 cm³/mol. The van der Waals surface area contributed by atoms with Crippen molar-refractivity contribution in [1.82, 2.24) is 4.57 Å². The van der Waals surface area contributed by atoms with Gasteiger partial charge >= 0.3 is 0 Å². The largest absolute Gasteiger partial charge is 0.497 e. The molecule has 4 rings (SSSR count). The molecular weight excluding hydrogens is 302 g/mol. The molecule has 0 aliphatic carbocycles. The van der Waals surface area contributed by atoms with Crippen molar-refractivity contribution in [2.75, 3.05) is 20.3 Å². The van der Waals surface area contributed by atoms with Gasteiger partial charge in [-0.2, -0.15) is 0 Å². The van der Waals surface area contributed by atoms with Gasteiger partial charge in [-0.15, -0.1) is 0 Å². The van der Waals surface area contributed by atoms with E-state index in [1.807, 2.05) is 6.07 Å². The van der Waals surface area contributed by atoms with Crippen molar-refractivity contribution in [2.24, 2.45) is 0 Å². The van der Waals surface area contributed by atoms with Gasteiger partial charge in [-0.05, 0) is 43.7 Å². The summed E-state index contributed by atoms with van der Waals surface area (Å²) in [7, 11) is 1.69. The maximum absolute atomic E-state index is 5.77. The Morgan fingerprint density at radius 3 is 2.58 bits per heavy atom. The molecule has 0 saturated carbocycles. The molecule has 0 N–H and O–H groups in total. The number of benzene rings is 2. The Hall–Kier alpha value is -2.30. The van der Waals surface area contributed by atoms with Crippen LogP contribution in [0.1, 0.15) is 23.1 Å². The Bertz CT molecular complexity index is 891. The highest BCUT2D eigenvalue weighted by Crippen LogP contribution is 2.35. The highest BCUT2D eigenvalue weighted by atomic mass is 16.7. The molecular formula is C20H21NO3. The standard InChI is InChI=1S/C20H21NO3/c1-13-5-4-6-17(20-23-9-10-24-20)19(13)21-14(2)11-15-12-16(22-3)7-8-18(15)21/h4-8,11-12,20H,9-10H2,1-3H3. The minimum atomic E-state index is -0.296. The molecule has 1 aromatic heterocycles. The summed E-state index contributed by atoms with van der Waals surface area (Å²) in [6.45, 7) is 5.53. The van der Waals surface area contributed by atoms with E-state index in [2.05, 4.69) is 54.8 Å². The zero-order valence-electron chi connectivity index (χ0n) is 14.2. The van der Waals surface area contributed by atoms with Crippen molar-refractivity contribution in [3.8, 4) is 11.4 Å². The number of aryl methyl sites for hydroxylation is 2. The molecule has 0 spiro atoms. The maximum atomic E-state index is 5.77. The summed E-state index contributed by atoms with van der Waals surface area (Å²) in [5, 5.41) is 1.16. The van der Waals surface area contributed by atoms with Gasteiger partial charge in [0.05, 0.1) is 31.5 Å². The monoisotopic (exact) mass is 323 g/mol. The first-order chi connectivity index (χ1) is 11.7. The summed E-state index contributed by atoms with van der Waals surface area (Å²) in [5.74, 6) is 0.868. The van der Waals surface area contributed by atoms with E-state index in [9.17, 15) is 0 Å². The molecule has 0 unspecified atom stereocenters. The van der Waals surface area contributed by atoms with Gasteiger partial charge in [0.15, 0.2) is 6.29 Å². The summed E-state index contributed by atoms with van der Waals surface area (Å²) in [5.41, 5.74) is 5.74. The van der Waals surface area contributed by atoms with Gasteiger partial charge in [-0.25, -0.2) is 0 Å². The van der Waals surface area contributed by atoms with Crippen LogP contribution in [0.15, 0.2) is 42.5 Å². The zero-order chi connectivity index (χ0) is 16.7. The smallest absolute Gasteiger partial charge is 0.186 e. The first-order valence-corrected chi connectivity index (χ1v) is 8.18. The van der Waals surface area contributed by atoms with Gasteiger partial charge in [-0.3, -0.25) is 0 Å². The first kappa shape index (κ1) is 15.2. The first-order valence-electron chi connectivity index (χ1n) is 8.18. The fourth-order valence-corrected chi connectivity index (χ4v) is 3.47. The lowest BCUT2D eigenvalue weighted by molar-refractivity contribution is -0.0441. The van der Waals surface area contributed by atoms with Crippen LogP contribution in [-0.2, 0) is 9.47 Å². The van der Waals surface area contributed by atoms with Crippen molar-refractivity contribution in [3.63, 3.8) is 0 Å². The van der Waals surface area contributed by atoms with Crippen molar-refractivity contribution < 1.29 is 14.2 Å². The number of fused-ring (bicyclic) bond motifs is 1. The Balaban J connectivity index is 1.96. The molecule has 1 aliphatic heterocycles. The summed E-state index contributed by atoms with van der Waals surface area (Å²) < 4.78 is 19.2. The summed E-state index contributed by atoms with van der Waals surface area (Å²) in [6.07, 6.45) is -0.296. The van der Waals surface area contributed by atoms with E-state index < -0.39 is 0 Å². The van der Waals surface area contributed by atoms with Crippen LogP contribution in [0.2, 0.25) is 0 Å². The number of aromatic nitrogens is 1. The molecule has 24 heavy (non-hydrogen) atoms. The van der Waals surface area contributed by atoms with Crippen LogP contribution in [0.3, 0.4) is 0 Å². The number of hydrogen-bond acceptors (Lipinski definition) is 3. The summed E-state index contributed by atoms with van der Waals surface area (Å²) in [6, 6.07) is 14.6. The number of para-hydroxylation sites is 1. The summed E-state index contributed by atoms with van der Waals surface area (Å²) in [4.78, 5) is 0. The number of rotatable bonds is 3. The molecule has 1 saturated heterocycles. The zero-order valence-corrected chi connectivity index (χ0v) is 14.2. The van der Waals surface area contributed by atoms with Crippen LogP contribution < -0.4 is 4.74 Å². The third kappa shape index (κ3) is 2.39. The fraction of sp³-hybridized carbons (Fsp3) is 0.300. The molecule has 0 radical (unpaired) electrons. The fourth-order valence-electron chi connectivity index (χ4n) is 3.47. The van der Waals surface area contributed by atoms with Crippen LogP contribution >= 0.6 is 0 Å². The van der Waals surface area contributed by atoms with Gasteiger partial charge in [0.2, 0.25) is 0 Å². The highest BCUT2D eigenvalue weighted by molar-refractivity contribution is 5.85.